The van der Waals surface area contributed by atoms with Gasteiger partial charge in [-0.2, -0.15) is 0 Å². The van der Waals surface area contributed by atoms with Crippen molar-refractivity contribution in [1.82, 2.24) is 4.90 Å². The molecule has 0 radical (unpaired) electrons. The molecule has 2 aliphatic rings. The van der Waals surface area contributed by atoms with E-state index >= 15 is 0 Å². The third-order valence-corrected chi connectivity index (χ3v) is 3.28. The second-order valence-corrected chi connectivity index (χ2v) is 4.96. The predicted octanol–water partition coefficient (Wildman–Crippen LogP) is 1.75. The van der Waals surface area contributed by atoms with Crippen LogP contribution in [0.15, 0.2) is 18.2 Å². The van der Waals surface area contributed by atoms with Crippen LogP contribution in [-0.4, -0.2) is 50.6 Å². The number of ether oxygens (including phenoxy) is 3. The van der Waals surface area contributed by atoms with E-state index in [0.717, 1.165) is 13.1 Å². The highest BCUT2D eigenvalue weighted by atomic mass is 19.3. The Morgan fingerprint density at radius 2 is 2.15 bits per heavy atom. The second kappa shape index (κ2) is 5.06. The van der Waals surface area contributed by atoms with Crippen LogP contribution < -0.4 is 14.8 Å². The number of anilines is 1. The van der Waals surface area contributed by atoms with Gasteiger partial charge in [-0.05, 0) is 19.2 Å². The van der Waals surface area contributed by atoms with Crippen molar-refractivity contribution in [2.75, 3.05) is 38.6 Å². The van der Waals surface area contributed by atoms with Crippen molar-refractivity contribution >= 4 is 5.69 Å². The minimum Gasteiger partial charge on any atom is -0.395 e. The first kappa shape index (κ1) is 13.4. The number of nitrogens with one attached hydrogen (secondary N) is 1. The highest BCUT2D eigenvalue weighted by Gasteiger charge is 2.43. The molecule has 110 valence electrons. The molecular weight excluding hydrogens is 270 g/mol. The van der Waals surface area contributed by atoms with Gasteiger partial charge in [-0.15, -0.1) is 8.78 Å². The summed E-state index contributed by atoms with van der Waals surface area (Å²) in [6.07, 6.45) is -3.49. The molecule has 2 heterocycles. The van der Waals surface area contributed by atoms with Gasteiger partial charge in [0.1, 0.15) is 0 Å². The normalized spacial score (nSPS) is 24.6. The van der Waals surface area contributed by atoms with Gasteiger partial charge in [-0.1, -0.05) is 0 Å². The van der Waals surface area contributed by atoms with E-state index in [1.807, 2.05) is 7.05 Å². The molecule has 2 aliphatic heterocycles. The lowest BCUT2D eigenvalue weighted by Crippen LogP contribution is -2.43. The van der Waals surface area contributed by atoms with Crippen LogP contribution in [0.5, 0.6) is 11.5 Å². The summed E-state index contributed by atoms with van der Waals surface area (Å²) in [6.45, 7) is 3.09. The lowest BCUT2D eigenvalue weighted by Gasteiger charge is -2.30. The summed E-state index contributed by atoms with van der Waals surface area (Å²) in [5.74, 6) is 0.0934. The van der Waals surface area contributed by atoms with Crippen molar-refractivity contribution in [3.63, 3.8) is 0 Å². The topological polar surface area (TPSA) is 43.0 Å². The van der Waals surface area contributed by atoms with E-state index in [1.54, 1.807) is 6.07 Å². The molecular formula is C13H16F2N2O3. The smallest absolute Gasteiger partial charge is 0.395 e. The molecule has 0 amide bonds. The number of benzene rings is 1. The van der Waals surface area contributed by atoms with Crippen LogP contribution in [0.2, 0.25) is 0 Å². The average Bonchev–Trinajstić information content (AvgIpc) is 2.69. The monoisotopic (exact) mass is 286 g/mol. The largest absolute Gasteiger partial charge is 0.586 e. The molecule has 7 heteroatoms. The Bertz CT molecular complexity index is 499. The van der Waals surface area contributed by atoms with Crippen LogP contribution >= 0.6 is 0 Å². The van der Waals surface area contributed by atoms with E-state index in [1.165, 1.54) is 12.1 Å². The van der Waals surface area contributed by atoms with Crippen LogP contribution in [0.3, 0.4) is 0 Å². The minimum absolute atomic E-state index is 0.0432. The van der Waals surface area contributed by atoms with E-state index in [4.69, 9.17) is 4.74 Å². The Morgan fingerprint density at radius 3 is 2.95 bits per heavy atom. The Labute approximate surface area is 115 Å². The first-order chi connectivity index (χ1) is 9.52. The molecule has 1 N–H and O–H groups in total. The summed E-state index contributed by atoms with van der Waals surface area (Å²) >= 11 is 0. The van der Waals surface area contributed by atoms with E-state index in [2.05, 4.69) is 19.7 Å². The molecule has 0 saturated carbocycles. The van der Waals surface area contributed by atoms with Gasteiger partial charge in [0, 0.05) is 31.4 Å². The van der Waals surface area contributed by atoms with Crippen LogP contribution in [0, 0.1) is 0 Å². The standard InChI is InChI=1S/C13H16F2N2O3/c1-17-4-5-18-10(8-17)7-16-9-2-3-11-12(6-9)20-13(14,15)19-11/h2-3,6,10,16H,4-5,7-8H2,1H3. The number of hydrogen-bond acceptors (Lipinski definition) is 5. The second-order valence-electron chi connectivity index (χ2n) is 4.96. The summed E-state index contributed by atoms with van der Waals surface area (Å²) in [5.41, 5.74) is 0.696. The number of alkyl halides is 2. The molecule has 1 saturated heterocycles. The number of likely N-dealkylation sites (N-methyl/N-ethyl adjacent to an activating group) is 1. The van der Waals surface area contributed by atoms with Crippen molar-refractivity contribution in [3.05, 3.63) is 18.2 Å². The van der Waals surface area contributed by atoms with Crippen molar-refractivity contribution in [1.29, 1.82) is 0 Å². The van der Waals surface area contributed by atoms with Crippen LogP contribution in [0.1, 0.15) is 0 Å². The van der Waals surface area contributed by atoms with Crippen molar-refractivity contribution in [2.45, 2.75) is 12.4 Å². The Kier molecular flexibility index (Phi) is 3.39. The number of rotatable bonds is 3. The summed E-state index contributed by atoms with van der Waals surface area (Å²) in [6, 6.07) is 4.64. The van der Waals surface area contributed by atoms with E-state index in [9.17, 15) is 8.78 Å². The summed E-state index contributed by atoms with van der Waals surface area (Å²) in [5, 5.41) is 3.16. The van der Waals surface area contributed by atoms with Crippen LogP contribution in [0.4, 0.5) is 14.5 Å². The Hall–Kier alpha value is -1.60. The van der Waals surface area contributed by atoms with Crippen LogP contribution in [-0.2, 0) is 4.74 Å². The molecule has 1 atom stereocenters. The van der Waals surface area contributed by atoms with Gasteiger partial charge >= 0.3 is 6.29 Å². The maximum Gasteiger partial charge on any atom is 0.586 e. The number of hydrogen-bond donors (Lipinski definition) is 1. The number of morpholine rings is 1. The molecule has 1 unspecified atom stereocenters. The molecule has 20 heavy (non-hydrogen) atoms. The maximum absolute atomic E-state index is 12.9. The molecule has 0 aliphatic carbocycles. The fraction of sp³-hybridized carbons (Fsp3) is 0.538. The first-order valence-corrected chi connectivity index (χ1v) is 6.46. The molecule has 1 aromatic carbocycles. The molecule has 0 aromatic heterocycles. The lowest BCUT2D eigenvalue weighted by atomic mass is 10.2. The van der Waals surface area contributed by atoms with Gasteiger partial charge in [0.2, 0.25) is 0 Å². The highest BCUT2D eigenvalue weighted by molar-refractivity contribution is 5.56. The molecule has 5 nitrogen and oxygen atoms in total. The molecule has 0 spiro atoms. The summed E-state index contributed by atoms with van der Waals surface area (Å²) < 4.78 is 40.2. The fourth-order valence-corrected chi connectivity index (χ4v) is 2.28. The number of fused-ring (bicyclic) bond motifs is 1. The Balaban J connectivity index is 1.59. The van der Waals surface area contributed by atoms with Crippen molar-refractivity contribution in [2.24, 2.45) is 0 Å². The zero-order valence-corrected chi connectivity index (χ0v) is 11.1. The third kappa shape index (κ3) is 2.94. The quantitative estimate of drug-likeness (QED) is 0.917. The molecule has 1 aromatic rings. The van der Waals surface area contributed by atoms with E-state index in [0.29, 0.717) is 18.8 Å². The number of halogens is 2. The molecule has 1 fully saturated rings. The predicted molar refractivity (Wildman–Crippen MR) is 68.4 cm³/mol. The van der Waals surface area contributed by atoms with Gasteiger partial charge in [0.25, 0.3) is 0 Å². The first-order valence-electron chi connectivity index (χ1n) is 6.46. The van der Waals surface area contributed by atoms with Gasteiger partial charge in [0.05, 0.1) is 12.7 Å². The molecule has 3 rings (SSSR count). The SMILES string of the molecule is CN1CCOC(CNc2ccc3c(c2)OC(F)(F)O3)C1. The lowest BCUT2D eigenvalue weighted by molar-refractivity contribution is -0.286. The zero-order chi connectivity index (χ0) is 14.2. The molecule has 0 bridgehead atoms. The van der Waals surface area contributed by atoms with Crippen LogP contribution in [0.25, 0.3) is 0 Å². The average molecular weight is 286 g/mol. The van der Waals surface area contributed by atoms with Gasteiger partial charge in [-0.25, -0.2) is 0 Å². The van der Waals surface area contributed by atoms with Gasteiger partial charge in [-0.3, -0.25) is 0 Å². The summed E-state index contributed by atoms with van der Waals surface area (Å²) in [4.78, 5) is 2.19. The van der Waals surface area contributed by atoms with E-state index in [-0.39, 0.29) is 17.6 Å². The summed E-state index contributed by atoms with van der Waals surface area (Å²) in [7, 11) is 2.04. The van der Waals surface area contributed by atoms with Crippen molar-refractivity contribution in [3.8, 4) is 11.5 Å². The van der Waals surface area contributed by atoms with Gasteiger partial charge < -0.3 is 24.4 Å². The van der Waals surface area contributed by atoms with Crippen molar-refractivity contribution < 1.29 is 23.0 Å². The fourth-order valence-electron chi connectivity index (χ4n) is 2.28. The van der Waals surface area contributed by atoms with E-state index < -0.39 is 6.29 Å². The zero-order valence-electron chi connectivity index (χ0n) is 11.1. The highest BCUT2D eigenvalue weighted by Crippen LogP contribution is 2.42. The minimum atomic E-state index is -3.57. The third-order valence-electron chi connectivity index (χ3n) is 3.28. The number of nitrogens with zero attached hydrogens (tertiary/aromatic N) is 1. The maximum atomic E-state index is 12.9. The van der Waals surface area contributed by atoms with Gasteiger partial charge in [0.15, 0.2) is 11.5 Å². The Morgan fingerprint density at radius 1 is 1.35 bits per heavy atom.